The number of anilines is 2. The van der Waals surface area contributed by atoms with E-state index < -0.39 is 0 Å². The molecule has 0 fully saturated rings. The van der Waals surface area contributed by atoms with E-state index in [1.807, 2.05) is 23.9 Å². The third-order valence-electron chi connectivity index (χ3n) is 2.76. The maximum absolute atomic E-state index is 6.05. The van der Waals surface area contributed by atoms with Crippen LogP contribution in [-0.2, 0) is 0 Å². The molecule has 0 heterocycles. The second kappa shape index (κ2) is 5.69. The lowest BCUT2D eigenvalue weighted by molar-refractivity contribution is 0.763. The van der Waals surface area contributed by atoms with Crippen molar-refractivity contribution in [3.05, 3.63) is 22.7 Å². The van der Waals surface area contributed by atoms with Gasteiger partial charge in [-0.2, -0.15) is 11.8 Å². The lowest BCUT2D eigenvalue weighted by Gasteiger charge is -2.28. The molecular weight excluding hydrogens is 240 g/mol. The van der Waals surface area contributed by atoms with Crippen LogP contribution in [0.25, 0.3) is 0 Å². The third kappa shape index (κ3) is 2.98. The molecule has 1 aromatic carbocycles. The number of nitrogens with zero attached hydrogens (tertiary/aromatic N) is 1. The number of thioether (sulfide) groups is 1. The SMILES string of the molecule is CSCC(C)N(C)c1cc(Cl)c(N)cc1C. The van der Waals surface area contributed by atoms with Gasteiger partial charge in [-0.05, 0) is 37.8 Å². The van der Waals surface area contributed by atoms with Gasteiger partial charge >= 0.3 is 0 Å². The van der Waals surface area contributed by atoms with Gasteiger partial charge in [0.1, 0.15) is 0 Å². The Balaban J connectivity index is 2.99. The number of benzene rings is 1. The second-order valence-electron chi connectivity index (χ2n) is 4.08. The largest absolute Gasteiger partial charge is 0.398 e. The highest BCUT2D eigenvalue weighted by Crippen LogP contribution is 2.30. The van der Waals surface area contributed by atoms with Gasteiger partial charge in [0.15, 0.2) is 0 Å². The molecule has 1 unspecified atom stereocenters. The number of aryl methyl sites for hydroxylation is 1. The van der Waals surface area contributed by atoms with Crippen LogP contribution < -0.4 is 10.6 Å². The minimum Gasteiger partial charge on any atom is -0.398 e. The van der Waals surface area contributed by atoms with Crippen molar-refractivity contribution in [2.45, 2.75) is 19.9 Å². The summed E-state index contributed by atoms with van der Waals surface area (Å²) in [6.07, 6.45) is 2.12. The van der Waals surface area contributed by atoms with E-state index in [1.165, 1.54) is 0 Å². The molecule has 0 amide bonds. The van der Waals surface area contributed by atoms with Crippen molar-refractivity contribution < 1.29 is 0 Å². The van der Waals surface area contributed by atoms with Crippen LogP contribution in [0.5, 0.6) is 0 Å². The summed E-state index contributed by atoms with van der Waals surface area (Å²) in [6.45, 7) is 4.27. The highest BCUT2D eigenvalue weighted by molar-refractivity contribution is 7.98. The van der Waals surface area contributed by atoms with E-state index in [0.29, 0.717) is 16.8 Å². The lowest BCUT2D eigenvalue weighted by atomic mass is 10.1. The molecular formula is C12H19ClN2S. The van der Waals surface area contributed by atoms with Crippen LogP contribution in [0.2, 0.25) is 5.02 Å². The molecule has 2 nitrogen and oxygen atoms in total. The molecule has 0 aromatic heterocycles. The fourth-order valence-corrected chi connectivity index (χ4v) is 2.53. The molecule has 0 aliphatic carbocycles. The Morgan fingerprint density at radius 1 is 1.50 bits per heavy atom. The van der Waals surface area contributed by atoms with Gasteiger partial charge in [-0.1, -0.05) is 11.6 Å². The summed E-state index contributed by atoms with van der Waals surface area (Å²) >= 11 is 7.90. The van der Waals surface area contributed by atoms with Crippen molar-refractivity contribution in [3.8, 4) is 0 Å². The van der Waals surface area contributed by atoms with Crippen molar-refractivity contribution >= 4 is 34.7 Å². The molecule has 0 saturated carbocycles. The van der Waals surface area contributed by atoms with Crippen LogP contribution in [0.15, 0.2) is 12.1 Å². The molecule has 0 saturated heterocycles. The van der Waals surface area contributed by atoms with E-state index >= 15 is 0 Å². The average Bonchev–Trinajstić information content (AvgIpc) is 2.23. The van der Waals surface area contributed by atoms with E-state index in [4.69, 9.17) is 17.3 Å². The smallest absolute Gasteiger partial charge is 0.0656 e. The number of hydrogen-bond acceptors (Lipinski definition) is 3. The number of hydrogen-bond donors (Lipinski definition) is 1. The first-order chi connectivity index (χ1) is 7.47. The summed E-state index contributed by atoms with van der Waals surface area (Å²) < 4.78 is 0. The zero-order chi connectivity index (χ0) is 12.3. The van der Waals surface area contributed by atoms with Gasteiger partial charge in [-0.25, -0.2) is 0 Å². The van der Waals surface area contributed by atoms with Gasteiger partial charge in [0.25, 0.3) is 0 Å². The van der Waals surface area contributed by atoms with Gasteiger partial charge < -0.3 is 10.6 Å². The Hall–Kier alpha value is -0.540. The maximum atomic E-state index is 6.05. The van der Waals surface area contributed by atoms with Crippen LogP contribution in [-0.4, -0.2) is 25.1 Å². The summed E-state index contributed by atoms with van der Waals surface area (Å²) in [5.41, 5.74) is 8.73. The molecule has 90 valence electrons. The average molecular weight is 259 g/mol. The molecule has 0 bridgehead atoms. The Morgan fingerprint density at radius 2 is 2.12 bits per heavy atom. The Morgan fingerprint density at radius 3 is 2.69 bits per heavy atom. The van der Waals surface area contributed by atoms with E-state index in [-0.39, 0.29) is 0 Å². The topological polar surface area (TPSA) is 29.3 Å². The number of nitrogen functional groups attached to an aromatic ring is 1. The molecule has 1 aromatic rings. The Bertz CT molecular complexity index is 368. The lowest BCUT2D eigenvalue weighted by Crippen LogP contribution is -2.31. The first kappa shape index (κ1) is 13.5. The molecule has 1 atom stereocenters. The molecule has 0 aliphatic rings. The van der Waals surface area contributed by atoms with Crippen molar-refractivity contribution in [1.29, 1.82) is 0 Å². The van der Waals surface area contributed by atoms with E-state index in [2.05, 4.69) is 32.1 Å². The molecule has 0 radical (unpaired) electrons. The fourth-order valence-electron chi connectivity index (χ4n) is 1.66. The van der Waals surface area contributed by atoms with Crippen molar-refractivity contribution in [2.75, 3.05) is 29.7 Å². The standard InChI is InChI=1S/C12H19ClN2S/c1-8-5-11(14)10(13)6-12(8)15(3)9(2)7-16-4/h5-6,9H,7,14H2,1-4H3. The van der Waals surface area contributed by atoms with Gasteiger partial charge in [0, 0.05) is 24.5 Å². The van der Waals surface area contributed by atoms with Crippen molar-refractivity contribution in [1.82, 2.24) is 0 Å². The van der Waals surface area contributed by atoms with Gasteiger partial charge in [-0.3, -0.25) is 0 Å². The molecule has 0 spiro atoms. The first-order valence-corrected chi connectivity index (χ1v) is 7.02. The number of nitrogens with two attached hydrogens (primary N) is 1. The molecule has 2 N–H and O–H groups in total. The van der Waals surface area contributed by atoms with Crippen molar-refractivity contribution in [3.63, 3.8) is 0 Å². The van der Waals surface area contributed by atoms with E-state index in [0.717, 1.165) is 17.0 Å². The van der Waals surface area contributed by atoms with Crippen LogP contribution in [0.1, 0.15) is 12.5 Å². The third-order valence-corrected chi connectivity index (χ3v) is 3.91. The molecule has 16 heavy (non-hydrogen) atoms. The zero-order valence-corrected chi connectivity index (χ0v) is 11.8. The maximum Gasteiger partial charge on any atom is 0.0656 e. The molecule has 4 heteroatoms. The predicted octanol–water partition coefficient (Wildman–Crippen LogP) is 3.42. The minimum atomic E-state index is 0.480. The van der Waals surface area contributed by atoms with Gasteiger partial charge in [0.2, 0.25) is 0 Å². The van der Waals surface area contributed by atoms with Crippen LogP contribution in [0, 0.1) is 6.92 Å². The van der Waals surface area contributed by atoms with Crippen LogP contribution >= 0.6 is 23.4 Å². The molecule has 0 aliphatic heterocycles. The summed E-state index contributed by atoms with van der Waals surface area (Å²) in [4.78, 5) is 2.25. The Labute approximate surface area is 107 Å². The minimum absolute atomic E-state index is 0.480. The van der Waals surface area contributed by atoms with E-state index in [9.17, 15) is 0 Å². The van der Waals surface area contributed by atoms with Crippen LogP contribution in [0.3, 0.4) is 0 Å². The summed E-state index contributed by atoms with van der Waals surface area (Å²) in [6, 6.07) is 4.36. The van der Waals surface area contributed by atoms with E-state index in [1.54, 1.807) is 0 Å². The predicted molar refractivity (Wildman–Crippen MR) is 76.8 cm³/mol. The zero-order valence-electron chi connectivity index (χ0n) is 10.2. The summed E-state index contributed by atoms with van der Waals surface area (Å²) in [7, 11) is 2.09. The molecule has 1 rings (SSSR count). The fraction of sp³-hybridized carbons (Fsp3) is 0.500. The summed E-state index contributed by atoms with van der Waals surface area (Å²) in [5, 5.41) is 0.629. The van der Waals surface area contributed by atoms with Crippen molar-refractivity contribution in [2.24, 2.45) is 0 Å². The van der Waals surface area contributed by atoms with Gasteiger partial charge in [-0.15, -0.1) is 0 Å². The highest BCUT2D eigenvalue weighted by atomic mass is 35.5. The monoisotopic (exact) mass is 258 g/mol. The van der Waals surface area contributed by atoms with Gasteiger partial charge in [0.05, 0.1) is 10.7 Å². The second-order valence-corrected chi connectivity index (χ2v) is 5.39. The number of rotatable bonds is 4. The quantitative estimate of drug-likeness (QED) is 0.840. The highest BCUT2D eigenvalue weighted by Gasteiger charge is 2.13. The number of halogens is 1. The normalized spacial score (nSPS) is 12.6. The summed E-state index contributed by atoms with van der Waals surface area (Å²) in [5.74, 6) is 1.10. The Kier molecular flexibility index (Phi) is 4.81. The first-order valence-electron chi connectivity index (χ1n) is 5.24. The van der Waals surface area contributed by atoms with Crippen LogP contribution in [0.4, 0.5) is 11.4 Å².